The van der Waals surface area contributed by atoms with E-state index in [1.165, 1.54) is 11.0 Å². The minimum absolute atomic E-state index is 0.0139. The molecule has 0 radical (unpaired) electrons. The number of methoxy groups -OCH3 is 1. The van der Waals surface area contributed by atoms with Crippen molar-refractivity contribution in [1.82, 2.24) is 0 Å². The molecule has 0 N–H and O–H groups in total. The molecular formula is C20H24O3S. The molecule has 0 amide bonds. The zero-order valence-electron chi connectivity index (χ0n) is 14.9. The van der Waals surface area contributed by atoms with Gasteiger partial charge in [0.2, 0.25) is 0 Å². The summed E-state index contributed by atoms with van der Waals surface area (Å²) in [5.74, 6) is 0.530. The summed E-state index contributed by atoms with van der Waals surface area (Å²) in [5.41, 5.74) is 3.14. The van der Waals surface area contributed by atoms with Gasteiger partial charge in [-0.05, 0) is 62.6 Å². The lowest BCUT2D eigenvalue weighted by molar-refractivity contribution is -0.137. The zero-order chi connectivity index (χ0) is 17.7. The number of carbonyl (C=O) groups is 1. The molecular weight excluding hydrogens is 320 g/mol. The third-order valence-corrected chi connectivity index (χ3v) is 4.75. The van der Waals surface area contributed by atoms with Crippen LogP contribution < -0.4 is 4.74 Å². The lowest BCUT2D eigenvalue weighted by Crippen LogP contribution is -2.15. The summed E-state index contributed by atoms with van der Waals surface area (Å²) in [6.07, 6.45) is 7.74. The maximum absolute atomic E-state index is 11.5. The second-order valence-corrected chi connectivity index (χ2v) is 7.84. The van der Waals surface area contributed by atoms with Crippen LogP contribution in [0.5, 0.6) is 5.75 Å². The van der Waals surface area contributed by atoms with Gasteiger partial charge in [-0.15, -0.1) is 11.8 Å². The van der Waals surface area contributed by atoms with Crippen molar-refractivity contribution >= 4 is 23.3 Å². The Bertz CT molecular complexity index is 712. The summed E-state index contributed by atoms with van der Waals surface area (Å²) in [6, 6.07) is 6.14. The third-order valence-electron chi connectivity index (χ3n) is 3.53. The minimum Gasteiger partial charge on any atom is -0.497 e. The predicted molar refractivity (Wildman–Crippen MR) is 100 cm³/mol. The van der Waals surface area contributed by atoms with Crippen LogP contribution in [0.15, 0.2) is 53.0 Å². The van der Waals surface area contributed by atoms with E-state index in [4.69, 9.17) is 9.47 Å². The molecule has 0 aliphatic carbocycles. The number of benzene rings is 1. The van der Waals surface area contributed by atoms with Crippen LogP contribution >= 0.6 is 11.8 Å². The number of rotatable bonds is 5. The summed E-state index contributed by atoms with van der Waals surface area (Å²) in [5, 5.41) is 0. The van der Waals surface area contributed by atoms with Gasteiger partial charge in [0, 0.05) is 15.7 Å². The fourth-order valence-electron chi connectivity index (χ4n) is 2.49. The zero-order valence-corrected chi connectivity index (χ0v) is 15.7. The summed E-state index contributed by atoms with van der Waals surface area (Å²) in [7, 11) is 1.67. The van der Waals surface area contributed by atoms with Gasteiger partial charge in [-0.1, -0.05) is 18.2 Å². The smallest absolute Gasteiger partial charge is 0.330 e. The summed E-state index contributed by atoms with van der Waals surface area (Å²) < 4.78 is 10.3. The third kappa shape index (κ3) is 4.78. The maximum Gasteiger partial charge on any atom is 0.330 e. The SMILES string of the molecule is CCOC(=O)C=C(C)C=CC1=CC(C)(C)Sc2ccc(OC)cc21. The van der Waals surface area contributed by atoms with Gasteiger partial charge in [0.25, 0.3) is 0 Å². The molecule has 2 rings (SSSR count). The number of ether oxygens (including phenoxy) is 2. The van der Waals surface area contributed by atoms with Crippen molar-refractivity contribution in [2.24, 2.45) is 0 Å². The maximum atomic E-state index is 11.5. The van der Waals surface area contributed by atoms with Crippen molar-refractivity contribution in [3.8, 4) is 5.75 Å². The van der Waals surface area contributed by atoms with E-state index in [1.54, 1.807) is 14.0 Å². The van der Waals surface area contributed by atoms with Gasteiger partial charge in [0.05, 0.1) is 13.7 Å². The molecule has 1 aliphatic heterocycles. The molecule has 3 nitrogen and oxygen atoms in total. The van der Waals surface area contributed by atoms with E-state index < -0.39 is 0 Å². The van der Waals surface area contributed by atoms with E-state index in [1.807, 2.05) is 36.9 Å². The van der Waals surface area contributed by atoms with Crippen LogP contribution in [0.25, 0.3) is 5.57 Å². The Morgan fingerprint density at radius 1 is 1.33 bits per heavy atom. The van der Waals surface area contributed by atoms with Gasteiger partial charge in [-0.2, -0.15) is 0 Å². The van der Waals surface area contributed by atoms with Crippen LogP contribution in [-0.2, 0) is 9.53 Å². The second-order valence-electron chi connectivity index (χ2n) is 6.14. The first-order valence-electron chi connectivity index (χ1n) is 7.98. The number of hydrogen-bond donors (Lipinski definition) is 0. The van der Waals surface area contributed by atoms with Crippen LogP contribution in [0.2, 0.25) is 0 Å². The van der Waals surface area contributed by atoms with Gasteiger partial charge in [0.15, 0.2) is 0 Å². The van der Waals surface area contributed by atoms with Crippen molar-refractivity contribution in [2.75, 3.05) is 13.7 Å². The Morgan fingerprint density at radius 2 is 2.08 bits per heavy atom. The summed E-state index contributed by atoms with van der Waals surface area (Å²) in [4.78, 5) is 12.8. The van der Waals surface area contributed by atoms with Gasteiger partial charge in [-0.3, -0.25) is 0 Å². The minimum atomic E-state index is -0.310. The van der Waals surface area contributed by atoms with E-state index in [-0.39, 0.29) is 10.7 Å². The lowest BCUT2D eigenvalue weighted by atomic mass is 9.98. The topological polar surface area (TPSA) is 35.5 Å². The van der Waals surface area contributed by atoms with Crippen LogP contribution in [0, 0.1) is 0 Å². The van der Waals surface area contributed by atoms with Crippen molar-refractivity contribution in [3.63, 3.8) is 0 Å². The number of hydrogen-bond acceptors (Lipinski definition) is 4. The molecule has 0 bridgehead atoms. The number of carbonyl (C=O) groups excluding carboxylic acids is 1. The number of allylic oxidation sites excluding steroid dienone is 4. The van der Waals surface area contributed by atoms with Crippen molar-refractivity contribution < 1.29 is 14.3 Å². The second kappa shape index (κ2) is 7.75. The van der Waals surface area contributed by atoms with Crippen molar-refractivity contribution in [2.45, 2.75) is 37.3 Å². The van der Waals surface area contributed by atoms with E-state index in [9.17, 15) is 4.79 Å². The van der Waals surface area contributed by atoms with E-state index in [0.717, 1.165) is 22.5 Å². The Kier molecular flexibility index (Phi) is 5.94. The average Bonchev–Trinajstić information content (AvgIpc) is 2.51. The fraction of sp³-hybridized carbons (Fsp3) is 0.350. The monoisotopic (exact) mass is 344 g/mol. The molecule has 0 aromatic heterocycles. The Hall–Kier alpha value is -1.94. The number of thioether (sulfide) groups is 1. The van der Waals surface area contributed by atoms with Gasteiger partial charge in [-0.25, -0.2) is 4.79 Å². The molecule has 0 saturated heterocycles. The Labute approximate surface area is 148 Å². The van der Waals surface area contributed by atoms with Gasteiger partial charge < -0.3 is 9.47 Å². The average molecular weight is 344 g/mol. The largest absolute Gasteiger partial charge is 0.497 e. The molecule has 0 spiro atoms. The molecule has 1 aromatic rings. The Balaban J connectivity index is 2.33. The Morgan fingerprint density at radius 3 is 2.75 bits per heavy atom. The summed E-state index contributed by atoms with van der Waals surface area (Å²) >= 11 is 1.83. The number of esters is 1. The highest BCUT2D eigenvalue weighted by molar-refractivity contribution is 8.01. The van der Waals surface area contributed by atoms with Gasteiger partial charge >= 0.3 is 5.97 Å². The fourth-order valence-corrected chi connectivity index (χ4v) is 3.67. The molecule has 1 heterocycles. The quantitative estimate of drug-likeness (QED) is 0.426. The van der Waals surface area contributed by atoms with Crippen LogP contribution in [-0.4, -0.2) is 24.4 Å². The molecule has 24 heavy (non-hydrogen) atoms. The predicted octanol–water partition coefficient (Wildman–Crippen LogP) is 5.03. The molecule has 0 atom stereocenters. The van der Waals surface area contributed by atoms with E-state index >= 15 is 0 Å². The van der Waals surface area contributed by atoms with Crippen LogP contribution in [0.1, 0.15) is 33.3 Å². The highest BCUT2D eigenvalue weighted by Gasteiger charge is 2.25. The van der Waals surface area contributed by atoms with Crippen molar-refractivity contribution in [3.05, 3.63) is 53.6 Å². The molecule has 0 fully saturated rings. The van der Waals surface area contributed by atoms with Crippen LogP contribution in [0.4, 0.5) is 0 Å². The van der Waals surface area contributed by atoms with E-state index in [2.05, 4.69) is 32.1 Å². The summed E-state index contributed by atoms with van der Waals surface area (Å²) in [6.45, 7) is 8.47. The van der Waals surface area contributed by atoms with Crippen molar-refractivity contribution in [1.29, 1.82) is 0 Å². The standard InChI is InChI=1S/C20H24O3S/c1-6-23-19(21)11-14(2)7-8-15-13-20(3,4)24-18-10-9-16(22-5)12-17(15)18/h7-13H,6H2,1-5H3. The molecule has 128 valence electrons. The molecule has 4 heteroatoms. The van der Waals surface area contributed by atoms with E-state index in [0.29, 0.717) is 6.61 Å². The molecule has 0 unspecified atom stereocenters. The first-order valence-corrected chi connectivity index (χ1v) is 8.79. The highest BCUT2D eigenvalue weighted by Crippen LogP contribution is 2.45. The normalized spacial score (nSPS) is 16.5. The number of fused-ring (bicyclic) bond motifs is 1. The van der Waals surface area contributed by atoms with Crippen LogP contribution in [0.3, 0.4) is 0 Å². The first-order chi connectivity index (χ1) is 11.3. The molecule has 0 saturated carbocycles. The molecule has 1 aliphatic rings. The first kappa shape index (κ1) is 18.4. The van der Waals surface area contributed by atoms with Gasteiger partial charge in [0.1, 0.15) is 5.75 Å². The lowest BCUT2D eigenvalue weighted by Gasteiger charge is -2.28. The molecule has 1 aromatic carbocycles. The highest BCUT2D eigenvalue weighted by atomic mass is 32.2.